The Morgan fingerprint density at radius 2 is 1.83 bits per heavy atom. The maximum Gasteiger partial charge on any atom is 0.255 e. The van der Waals surface area contributed by atoms with Crippen LogP contribution >= 0.6 is 0 Å². The number of carbonyl (C=O) groups is 1. The molecule has 1 aliphatic heterocycles. The third kappa shape index (κ3) is 3.70. The second-order valence-corrected chi connectivity index (χ2v) is 6.03. The van der Waals surface area contributed by atoms with Crippen LogP contribution in [0.2, 0.25) is 0 Å². The fourth-order valence-corrected chi connectivity index (χ4v) is 3.03. The van der Waals surface area contributed by atoms with Gasteiger partial charge in [-0.1, -0.05) is 30.3 Å². The molecule has 0 spiro atoms. The summed E-state index contributed by atoms with van der Waals surface area (Å²) in [6, 6.07) is 13.7. The summed E-state index contributed by atoms with van der Waals surface area (Å²) in [5.74, 6) is 0.750. The number of anilines is 1. The van der Waals surface area contributed by atoms with Crippen molar-refractivity contribution < 1.29 is 4.79 Å². The van der Waals surface area contributed by atoms with Gasteiger partial charge in [0.1, 0.15) is 5.82 Å². The lowest BCUT2D eigenvalue weighted by Gasteiger charge is -2.29. The van der Waals surface area contributed by atoms with Gasteiger partial charge >= 0.3 is 0 Å². The van der Waals surface area contributed by atoms with E-state index in [4.69, 9.17) is 0 Å². The lowest BCUT2D eigenvalue weighted by Crippen LogP contribution is -2.34. The molecule has 2 aromatic rings. The molecule has 3 rings (SSSR count). The van der Waals surface area contributed by atoms with Crippen molar-refractivity contribution in [1.29, 1.82) is 0 Å². The number of hydrogen-bond acceptors (Lipinski definition) is 3. The fourth-order valence-electron chi connectivity index (χ4n) is 3.03. The van der Waals surface area contributed by atoms with E-state index in [-0.39, 0.29) is 11.9 Å². The minimum atomic E-state index is -0.0602. The zero-order chi connectivity index (χ0) is 16.1. The van der Waals surface area contributed by atoms with E-state index >= 15 is 0 Å². The summed E-state index contributed by atoms with van der Waals surface area (Å²) in [4.78, 5) is 19.4. The predicted octanol–water partition coefficient (Wildman–Crippen LogP) is 3.56. The summed E-state index contributed by atoms with van der Waals surface area (Å²) < 4.78 is 0. The topological polar surface area (TPSA) is 45.2 Å². The molecule has 0 aliphatic carbocycles. The van der Waals surface area contributed by atoms with Crippen LogP contribution in [0.25, 0.3) is 0 Å². The summed E-state index contributed by atoms with van der Waals surface area (Å²) in [6.07, 6.45) is 5.35. The molecule has 4 heteroatoms. The fraction of sp³-hybridized carbons (Fsp3) is 0.368. The number of benzene rings is 1. The molecule has 1 amide bonds. The van der Waals surface area contributed by atoms with Gasteiger partial charge in [-0.25, -0.2) is 4.98 Å². The first-order valence-corrected chi connectivity index (χ1v) is 8.31. The molecule has 1 N–H and O–H groups in total. The average Bonchev–Trinajstić information content (AvgIpc) is 2.63. The van der Waals surface area contributed by atoms with Crippen molar-refractivity contribution in [1.82, 2.24) is 10.3 Å². The molecule has 1 aliphatic rings. The van der Waals surface area contributed by atoms with E-state index in [2.05, 4.69) is 15.2 Å². The highest BCUT2D eigenvalue weighted by atomic mass is 16.1. The van der Waals surface area contributed by atoms with Crippen LogP contribution in [0.5, 0.6) is 0 Å². The smallest absolute Gasteiger partial charge is 0.255 e. The lowest BCUT2D eigenvalue weighted by atomic mass is 10.1. The summed E-state index contributed by atoms with van der Waals surface area (Å²) in [6.45, 7) is 3.96. The predicted molar refractivity (Wildman–Crippen MR) is 92.6 cm³/mol. The Morgan fingerprint density at radius 3 is 2.57 bits per heavy atom. The SMILES string of the molecule is CC(NC(=O)c1cccnc1N1CCCCC1)c1ccccc1. The van der Waals surface area contributed by atoms with Gasteiger partial charge in [0.2, 0.25) is 0 Å². The highest BCUT2D eigenvalue weighted by Gasteiger charge is 2.20. The number of aromatic nitrogens is 1. The maximum atomic E-state index is 12.7. The molecule has 1 aromatic heterocycles. The van der Waals surface area contributed by atoms with Gasteiger partial charge in [0.15, 0.2) is 0 Å². The van der Waals surface area contributed by atoms with Gasteiger partial charge < -0.3 is 10.2 Å². The number of pyridine rings is 1. The standard InChI is InChI=1S/C19H23N3O/c1-15(16-9-4-2-5-10-16)21-19(23)17-11-8-12-20-18(17)22-13-6-3-7-14-22/h2,4-5,8-12,15H,3,6-7,13-14H2,1H3,(H,21,23). The van der Waals surface area contributed by atoms with Crippen LogP contribution in [0.1, 0.15) is 48.1 Å². The molecule has 0 radical (unpaired) electrons. The van der Waals surface area contributed by atoms with Crippen molar-refractivity contribution in [2.45, 2.75) is 32.2 Å². The Morgan fingerprint density at radius 1 is 1.09 bits per heavy atom. The molecule has 1 aromatic carbocycles. The normalized spacial score (nSPS) is 16.0. The Balaban J connectivity index is 1.77. The molecular formula is C19H23N3O. The molecule has 1 atom stereocenters. The first kappa shape index (κ1) is 15.5. The van der Waals surface area contributed by atoms with E-state index in [1.165, 1.54) is 6.42 Å². The van der Waals surface area contributed by atoms with Crippen molar-refractivity contribution in [3.8, 4) is 0 Å². The minimum absolute atomic E-state index is 0.0295. The summed E-state index contributed by atoms with van der Waals surface area (Å²) in [5.41, 5.74) is 1.77. The molecule has 1 unspecified atom stereocenters. The molecule has 23 heavy (non-hydrogen) atoms. The molecular weight excluding hydrogens is 286 g/mol. The third-order valence-corrected chi connectivity index (χ3v) is 4.33. The summed E-state index contributed by atoms with van der Waals surface area (Å²) in [5, 5.41) is 3.09. The Labute approximate surface area is 137 Å². The minimum Gasteiger partial charge on any atom is -0.356 e. The molecule has 1 fully saturated rings. The van der Waals surface area contributed by atoms with Crippen molar-refractivity contribution in [2.75, 3.05) is 18.0 Å². The highest BCUT2D eigenvalue weighted by molar-refractivity contribution is 5.99. The zero-order valence-electron chi connectivity index (χ0n) is 13.5. The van der Waals surface area contributed by atoms with Gasteiger partial charge in [0, 0.05) is 19.3 Å². The van der Waals surface area contributed by atoms with Crippen LogP contribution in [0.4, 0.5) is 5.82 Å². The molecule has 0 saturated carbocycles. The quantitative estimate of drug-likeness (QED) is 0.939. The number of hydrogen-bond donors (Lipinski definition) is 1. The van der Waals surface area contributed by atoms with E-state index in [9.17, 15) is 4.79 Å². The average molecular weight is 309 g/mol. The van der Waals surface area contributed by atoms with E-state index in [1.807, 2.05) is 49.4 Å². The second-order valence-electron chi connectivity index (χ2n) is 6.03. The van der Waals surface area contributed by atoms with Gasteiger partial charge in [-0.15, -0.1) is 0 Å². The van der Waals surface area contributed by atoms with Crippen LogP contribution in [-0.2, 0) is 0 Å². The van der Waals surface area contributed by atoms with Crippen LogP contribution < -0.4 is 10.2 Å². The van der Waals surface area contributed by atoms with Gasteiger partial charge in [0.25, 0.3) is 5.91 Å². The summed E-state index contributed by atoms with van der Waals surface area (Å²) >= 11 is 0. The van der Waals surface area contributed by atoms with Gasteiger partial charge in [-0.2, -0.15) is 0 Å². The van der Waals surface area contributed by atoms with Crippen molar-refractivity contribution in [2.24, 2.45) is 0 Å². The van der Waals surface area contributed by atoms with Crippen LogP contribution in [0.3, 0.4) is 0 Å². The van der Waals surface area contributed by atoms with Crippen molar-refractivity contribution in [3.63, 3.8) is 0 Å². The van der Waals surface area contributed by atoms with Crippen LogP contribution in [0, 0.1) is 0 Å². The zero-order valence-corrected chi connectivity index (χ0v) is 13.5. The van der Waals surface area contributed by atoms with Crippen molar-refractivity contribution in [3.05, 3.63) is 59.8 Å². The Kier molecular flexibility index (Phi) is 4.91. The second kappa shape index (κ2) is 7.27. The summed E-state index contributed by atoms with van der Waals surface area (Å²) in [7, 11) is 0. The van der Waals surface area contributed by atoms with Gasteiger partial charge in [-0.05, 0) is 43.9 Å². The highest BCUT2D eigenvalue weighted by Crippen LogP contribution is 2.22. The van der Waals surface area contributed by atoms with Crippen LogP contribution in [-0.4, -0.2) is 24.0 Å². The van der Waals surface area contributed by atoms with Crippen LogP contribution in [0.15, 0.2) is 48.7 Å². The lowest BCUT2D eigenvalue weighted by molar-refractivity contribution is 0.0940. The number of rotatable bonds is 4. The van der Waals surface area contributed by atoms with E-state index in [0.717, 1.165) is 37.3 Å². The Hall–Kier alpha value is -2.36. The third-order valence-electron chi connectivity index (χ3n) is 4.33. The van der Waals surface area contributed by atoms with E-state index in [0.29, 0.717) is 5.56 Å². The van der Waals surface area contributed by atoms with Gasteiger partial charge in [-0.3, -0.25) is 4.79 Å². The molecule has 2 heterocycles. The first-order chi connectivity index (χ1) is 11.3. The number of carbonyl (C=O) groups excluding carboxylic acids is 1. The molecule has 4 nitrogen and oxygen atoms in total. The largest absolute Gasteiger partial charge is 0.356 e. The van der Waals surface area contributed by atoms with E-state index < -0.39 is 0 Å². The number of amides is 1. The first-order valence-electron chi connectivity index (χ1n) is 8.31. The van der Waals surface area contributed by atoms with Gasteiger partial charge in [0.05, 0.1) is 11.6 Å². The Bertz CT molecular complexity index is 651. The number of nitrogens with one attached hydrogen (secondary N) is 1. The molecule has 0 bridgehead atoms. The maximum absolute atomic E-state index is 12.7. The van der Waals surface area contributed by atoms with E-state index in [1.54, 1.807) is 6.20 Å². The molecule has 120 valence electrons. The van der Waals surface area contributed by atoms with Crippen molar-refractivity contribution >= 4 is 11.7 Å². The monoisotopic (exact) mass is 309 g/mol. The number of nitrogens with zero attached hydrogens (tertiary/aromatic N) is 2. The number of piperidine rings is 1. The molecule has 1 saturated heterocycles.